The van der Waals surface area contributed by atoms with Crippen LogP contribution in [0.1, 0.15) is 23.6 Å². The van der Waals surface area contributed by atoms with Crippen LogP contribution in [0.2, 0.25) is 0 Å². The van der Waals surface area contributed by atoms with Crippen LogP contribution in [0.5, 0.6) is 5.75 Å². The summed E-state index contributed by atoms with van der Waals surface area (Å²) in [6, 6.07) is 8.58. The molecule has 2 aromatic rings. The zero-order valence-electron chi connectivity index (χ0n) is 16.2. The predicted molar refractivity (Wildman–Crippen MR) is 103 cm³/mol. The smallest absolute Gasteiger partial charge is 0.416 e. The van der Waals surface area contributed by atoms with Crippen molar-refractivity contribution >= 4 is 5.97 Å². The number of ether oxygens (including phenoxy) is 1. The maximum Gasteiger partial charge on any atom is 0.416 e. The number of carboxylic acids is 1. The third-order valence-corrected chi connectivity index (χ3v) is 5.04. The molecule has 0 radical (unpaired) electrons. The molecule has 156 valence electrons. The van der Waals surface area contributed by atoms with Crippen LogP contribution in [0.4, 0.5) is 13.2 Å². The van der Waals surface area contributed by atoms with E-state index in [1.807, 2.05) is 6.92 Å². The van der Waals surface area contributed by atoms with Gasteiger partial charge in [-0.05, 0) is 47.9 Å². The Hall–Kier alpha value is -2.58. The number of carboxylic acid groups (broad SMARTS) is 1. The first kappa shape index (κ1) is 21.1. The van der Waals surface area contributed by atoms with Crippen LogP contribution < -0.4 is 15.4 Å². The zero-order valence-corrected chi connectivity index (χ0v) is 16.2. The summed E-state index contributed by atoms with van der Waals surface area (Å²) in [5.74, 6) is -0.515. The SMILES string of the molecule is COc1ccc(CC(=O)O)cc1-c1ccc(C(F)(F)F)cc1CC1(C)NCCN1. The van der Waals surface area contributed by atoms with Crippen molar-refractivity contribution in [2.45, 2.75) is 31.6 Å². The number of carbonyl (C=O) groups is 1. The lowest BCUT2D eigenvalue weighted by Gasteiger charge is -2.27. The quantitative estimate of drug-likeness (QED) is 0.683. The number of hydrogen-bond donors (Lipinski definition) is 3. The van der Waals surface area contributed by atoms with Gasteiger partial charge in [-0.3, -0.25) is 15.4 Å². The molecule has 1 heterocycles. The maximum absolute atomic E-state index is 13.3. The molecule has 3 rings (SSSR count). The first-order valence-electron chi connectivity index (χ1n) is 9.20. The number of nitrogens with one attached hydrogen (secondary N) is 2. The summed E-state index contributed by atoms with van der Waals surface area (Å²) in [6.07, 6.45) is -4.33. The second-order valence-electron chi connectivity index (χ2n) is 7.34. The van der Waals surface area contributed by atoms with Gasteiger partial charge in [-0.2, -0.15) is 13.2 Å². The normalized spacial score (nSPS) is 16.0. The first-order chi connectivity index (χ1) is 13.6. The van der Waals surface area contributed by atoms with Crippen LogP contribution >= 0.6 is 0 Å². The van der Waals surface area contributed by atoms with Crippen LogP contribution in [0, 0.1) is 0 Å². The molecule has 29 heavy (non-hydrogen) atoms. The van der Waals surface area contributed by atoms with Crippen LogP contribution in [0.15, 0.2) is 36.4 Å². The van der Waals surface area contributed by atoms with Crippen LogP contribution in [0.3, 0.4) is 0 Å². The van der Waals surface area contributed by atoms with Crippen molar-refractivity contribution in [1.29, 1.82) is 0 Å². The van der Waals surface area contributed by atoms with Crippen molar-refractivity contribution in [2.75, 3.05) is 20.2 Å². The standard InChI is InChI=1S/C21H23F3N2O3/c1-20(25-7-8-26-20)12-14-11-15(21(22,23)24)4-5-16(14)17-9-13(10-19(27)28)3-6-18(17)29-2/h3-6,9,11,25-26H,7-8,10,12H2,1-2H3,(H,27,28). The van der Waals surface area contributed by atoms with Crippen molar-refractivity contribution in [2.24, 2.45) is 0 Å². The topological polar surface area (TPSA) is 70.6 Å². The average Bonchev–Trinajstić information content (AvgIpc) is 3.06. The number of halogens is 3. The summed E-state index contributed by atoms with van der Waals surface area (Å²) >= 11 is 0. The molecule has 8 heteroatoms. The van der Waals surface area contributed by atoms with Crippen molar-refractivity contribution < 1.29 is 27.8 Å². The van der Waals surface area contributed by atoms with Gasteiger partial charge in [0, 0.05) is 25.1 Å². The summed E-state index contributed by atoms with van der Waals surface area (Å²) in [6.45, 7) is 3.35. The molecule has 1 aliphatic rings. The fourth-order valence-corrected chi connectivity index (χ4v) is 3.67. The summed E-state index contributed by atoms with van der Waals surface area (Å²) in [5.41, 5.74) is 0.927. The van der Waals surface area contributed by atoms with E-state index in [4.69, 9.17) is 9.84 Å². The van der Waals surface area contributed by atoms with Crippen molar-refractivity contribution in [3.8, 4) is 16.9 Å². The Morgan fingerprint density at radius 1 is 1.14 bits per heavy atom. The number of aliphatic carboxylic acids is 1. The maximum atomic E-state index is 13.3. The molecule has 0 saturated carbocycles. The number of hydrogen-bond acceptors (Lipinski definition) is 4. The molecule has 2 aromatic carbocycles. The highest BCUT2D eigenvalue weighted by Crippen LogP contribution is 2.38. The molecule has 0 amide bonds. The van der Waals surface area contributed by atoms with Crippen molar-refractivity contribution in [1.82, 2.24) is 10.6 Å². The highest BCUT2D eigenvalue weighted by atomic mass is 19.4. The molecule has 1 aliphatic heterocycles. The Morgan fingerprint density at radius 2 is 1.83 bits per heavy atom. The minimum absolute atomic E-state index is 0.187. The Bertz CT molecular complexity index is 907. The van der Waals surface area contributed by atoms with E-state index in [1.54, 1.807) is 18.2 Å². The molecular weight excluding hydrogens is 385 g/mol. The van der Waals surface area contributed by atoms with E-state index in [-0.39, 0.29) is 6.42 Å². The molecule has 0 aromatic heterocycles. The summed E-state index contributed by atoms with van der Waals surface area (Å²) in [4.78, 5) is 11.1. The van der Waals surface area contributed by atoms with Gasteiger partial charge in [0.05, 0.1) is 24.8 Å². The Morgan fingerprint density at radius 3 is 2.41 bits per heavy atom. The third kappa shape index (κ3) is 4.89. The average molecular weight is 408 g/mol. The fraction of sp³-hybridized carbons (Fsp3) is 0.381. The summed E-state index contributed by atoms with van der Waals surface area (Å²) in [7, 11) is 1.47. The lowest BCUT2D eigenvalue weighted by atomic mass is 9.90. The fourth-order valence-electron chi connectivity index (χ4n) is 3.67. The minimum atomic E-state index is -4.46. The van der Waals surface area contributed by atoms with Crippen molar-refractivity contribution in [3.05, 3.63) is 53.1 Å². The molecule has 0 spiro atoms. The van der Waals surface area contributed by atoms with E-state index in [0.717, 1.165) is 25.2 Å². The van der Waals surface area contributed by atoms with Gasteiger partial charge in [0.2, 0.25) is 0 Å². The van der Waals surface area contributed by atoms with Crippen LogP contribution in [-0.2, 0) is 23.8 Å². The first-order valence-corrected chi connectivity index (χ1v) is 9.20. The number of alkyl halides is 3. The van der Waals surface area contributed by atoms with Gasteiger partial charge in [0.1, 0.15) is 5.75 Å². The molecule has 1 saturated heterocycles. The van der Waals surface area contributed by atoms with Gasteiger partial charge in [-0.25, -0.2) is 0 Å². The van der Waals surface area contributed by atoms with E-state index in [0.29, 0.717) is 34.4 Å². The van der Waals surface area contributed by atoms with Gasteiger partial charge in [0.15, 0.2) is 0 Å². The van der Waals surface area contributed by atoms with E-state index < -0.39 is 23.4 Å². The third-order valence-electron chi connectivity index (χ3n) is 5.04. The second-order valence-corrected chi connectivity index (χ2v) is 7.34. The highest BCUT2D eigenvalue weighted by Gasteiger charge is 2.33. The number of methoxy groups -OCH3 is 1. The molecule has 5 nitrogen and oxygen atoms in total. The number of benzene rings is 2. The Kier molecular flexibility index (Phi) is 5.86. The van der Waals surface area contributed by atoms with E-state index in [2.05, 4.69) is 10.6 Å². The zero-order chi connectivity index (χ0) is 21.2. The Balaban J connectivity index is 2.13. The molecule has 0 unspecified atom stereocenters. The van der Waals surface area contributed by atoms with Gasteiger partial charge in [-0.15, -0.1) is 0 Å². The molecular formula is C21H23F3N2O3. The van der Waals surface area contributed by atoms with E-state index in [9.17, 15) is 18.0 Å². The monoisotopic (exact) mass is 408 g/mol. The van der Waals surface area contributed by atoms with Crippen LogP contribution in [-0.4, -0.2) is 36.9 Å². The molecule has 1 fully saturated rings. The minimum Gasteiger partial charge on any atom is -0.496 e. The van der Waals surface area contributed by atoms with Gasteiger partial charge in [-0.1, -0.05) is 12.1 Å². The van der Waals surface area contributed by atoms with Crippen molar-refractivity contribution in [3.63, 3.8) is 0 Å². The number of rotatable bonds is 6. The summed E-state index contributed by atoms with van der Waals surface area (Å²) in [5, 5.41) is 15.7. The molecule has 0 bridgehead atoms. The van der Waals surface area contributed by atoms with Gasteiger partial charge < -0.3 is 9.84 Å². The molecule has 0 aliphatic carbocycles. The van der Waals surface area contributed by atoms with Gasteiger partial charge in [0.25, 0.3) is 0 Å². The largest absolute Gasteiger partial charge is 0.496 e. The van der Waals surface area contributed by atoms with Gasteiger partial charge >= 0.3 is 12.1 Å². The second kappa shape index (κ2) is 8.04. The highest BCUT2D eigenvalue weighted by molar-refractivity contribution is 5.77. The van der Waals surface area contributed by atoms with E-state index in [1.165, 1.54) is 13.2 Å². The molecule has 0 atom stereocenters. The lowest BCUT2D eigenvalue weighted by Crippen LogP contribution is -2.48. The summed E-state index contributed by atoms with van der Waals surface area (Å²) < 4.78 is 45.4. The predicted octanol–water partition coefficient (Wildman–Crippen LogP) is 3.46. The Labute approximate surface area is 166 Å². The van der Waals surface area contributed by atoms with E-state index >= 15 is 0 Å². The lowest BCUT2D eigenvalue weighted by molar-refractivity contribution is -0.138. The molecule has 3 N–H and O–H groups in total. The van der Waals surface area contributed by atoms with Crippen LogP contribution in [0.25, 0.3) is 11.1 Å².